The van der Waals surface area contributed by atoms with Gasteiger partial charge in [-0.05, 0) is 25.2 Å². The van der Waals surface area contributed by atoms with Crippen molar-refractivity contribution < 1.29 is 4.79 Å². The number of nitrogens with one attached hydrogen (secondary N) is 2. The van der Waals surface area contributed by atoms with Crippen molar-refractivity contribution in [3.8, 4) is 0 Å². The van der Waals surface area contributed by atoms with Crippen molar-refractivity contribution in [2.75, 3.05) is 0 Å². The molecular formula is C8H14N2O. The second-order valence-electron chi connectivity index (χ2n) is 3.53. The molecule has 1 saturated carbocycles. The van der Waals surface area contributed by atoms with Gasteiger partial charge in [0.25, 0.3) is 0 Å². The number of amides is 1. The van der Waals surface area contributed by atoms with Crippen LogP contribution >= 0.6 is 0 Å². The fraction of sp³-hybridized carbons (Fsp3) is 0.875. The highest BCUT2D eigenvalue weighted by atomic mass is 16.2. The summed E-state index contributed by atoms with van der Waals surface area (Å²) < 4.78 is 0. The molecule has 2 aliphatic rings. The average Bonchev–Trinajstić information content (AvgIpc) is 2.38. The summed E-state index contributed by atoms with van der Waals surface area (Å²) >= 11 is 0. The molecule has 0 radical (unpaired) electrons. The first-order valence-corrected chi connectivity index (χ1v) is 4.40. The van der Waals surface area contributed by atoms with Crippen molar-refractivity contribution in [3.05, 3.63) is 0 Å². The van der Waals surface area contributed by atoms with E-state index < -0.39 is 0 Å². The third kappa shape index (κ3) is 1.38. The fourth-order valence-corrected chi connectivity index (χ4v) is 2.12. The molecule has 0 aromatic carbocycles. The van der Waals surface area contributed by atoms with Gasteiger partial charge in [0.05, 0.1) is 0 Å². The molecule has 62 valence electrons. The van der Waals surface area contributed by atoms with Gasteiger partial charge in [-0.2, -0.15) is 0 Å². The van der Waals surface area contributed by atoms with Crippen LogP contribution in [0.2, 0.25) is 0 Å². The van der Waals surface area contributed by atoms with Crippen molar-refractivity contribution in [2.24, 2.45) is 5.92 Å². The molecule has 1 aliphatic heterocycles. The Balaban J connectivity index is 2.00. The first-order valence-electron chi connectivity index (χ1n) is 4.40. The zero-order chi connectivity index (χ0) is 7.68. The number of rotatable bonds is 0. The van der Waals surface area contributed by atoms with E-state index in [2.05, 4.69) is 10.9 Å². The number of carbonyl (C=O) groups is 1. The smallest absolute Gasteiger partial charge is 0.234 e. The third-order valence-electron chi connectivity index (χ3n) is 2.80. The molecule has 0 aromatic heterocycles. The zero-order valence-electron chi connectivity index (χ0n) is 6.60. The summed E-state index contributed by atoms with van der Waals surface area (Å²) in [7, 11) is 0. The van der Waals surface area contributed by atoms with Crippen molar-refractivity contribution in [1.29, 1.82) is 0 Å². The fourth-order valence-electron chi connectivity index (χ4n) is 2.12. The first kappa shape index (κ1) is 7.10. The Kier molecular flexibility index (Phi) is 1.82. The van der Waals surface area contributed by atoms with Crippen LogP contribution in [-0.2, 0) is 4.79 Å². The number of hydrogen-bond acceptors (Lipinski definition) is 2. The van der Waals surface area contributed by atoms with E-state index in [1.165, 1.54) is 19.3 Å². The van der Waals surface area contributed by atoms with E-state index in [0.717, 1.165) is 12.3 Å². The summed E-state index contributed by atoms with van der Waals surface area (Å²) in [5, 5.41) is 0. The predicted molar refractivity (Wildman–Crippen MR) is 41.6 cm³/mol. The van der Waals surface area contributed by atoms with Crippen molar-refractivity contribution in [2.45, 2.75) is 38.1 Å². The summed E-state index contributed by atoms with van der Waals surface area (Å²) in [6.45, 7) is 0. The molecule has 1 amide bonds. The molecule has 0 aromatic rings. The quantitative estimate of drug-likeness (QED) is 0.535. The molecule has 2 fully saturated rings. The molecule has 2 unspecified atom stereocenters. The van der Waals surface area contributed by atoms with Gasteiger partial charge in [0.1, 0.15) is 0 Å². The largest absolute Gasteiger partial charge is 0.291 e. The Morgan fingerprint density at radius 2 is 2.18 bits per heavy atom. The molecule has 0 bridgehead atoms. The van der Waals surface area contributed by atoms with Gasteiger partial charge in [0.2, 0.25) is 5.91 Å². The van der Waals surface area contributed by atoms with Crippen LogP contribution in [0.25, 0.3) is 0 Å². The third-order valence-corrected chi connectivity index (χ3v) is 2.80. The predicted octanol–water partition coefficient (Wildman–Crippen LogP) is 0.570. The van der Waals surface area contributed by atoms with E-state index in [-0.39, 0.29) is 5.91 Å². The normalized spacial score (nSPS) is 37.6. The Morgan fingerprint density at radius 1 is 1.27 bits per heavy atom. The van der Waals surface area contributed by atoms with Crippen LogP contribution in [0.4, 0.5) is 0 Å². The average molecular weight is 154 g/mol. The highest BCUT2D eigenvalue weighted by Crippen LogP contribution is 2.29. The van der Waals surface area contributed by atoms with Crippen LogP contribution in [0.15, 0.2) is 0 Å². The Hall–Kier alpha value is -0.570. The lowest BCUT2D eigenvalue weighted by atomic mass is 9.99. The van der Waals surface area contributed by atoms with Crippen LogP contribution < -0.4 is 10.9 Å². The molecular weight excluding hydrogens is 140 g/mol. The molecule has 1 aliphatic carbocycles. The minimum Gasteiger partial charge on any atom is -0.291 e. The Bertz CT molecular complexity index is 153. The first-order chi connectivity index (χ1) is 5.36. The van der Waals surface area contributed by atoms with E-state index in [0.29, 0.717) is 12.5 Å². The highest BCUT2D eigenvalue weighted by molar-refractivity contribution is 5.75. The Morgan fingerprint density at radius 3 is 3.09 bits per heavy atom. The van der Waals surface area contributed by atoms with Gasteiger partial charge in [0, 0.05) is 12.5 Å². The van der Waals surface area contributed by atoms with Crippen LogP contribution in [0, 0.1) is 5.92 Å². The molecule has 1 saturated heterocycles. The maximum atomic E-state index is 10.9. The monoisotopic (exact) mass is 154 g/mol. The molecule has 3 heteroatoms. The van der Waals surface area contributed by atoms with Gasteiger partial charge in [-0.25, -0.2) is 5.43 Å². The molecule has 2 rings (SSSR count). The summed E-state index contributed by atoms with van der Waals surface area (Å²) in [5.41, 5.74) is 5.82. The van der Waals surface area contributed by atoms with Crippen molar-refractivity contribution in [1.82, 2.24) is 10.9 Å². The summed E-state index contributed by atoms with van der Waals surface area (Å²) in [5.74, 6) is 0.897. The van der Waals surface area contributed by atoms with Crippen LogP contribution in [0.3, 0.4) is 0 Å². The lowest BCUT2D eigenvalue weighted by molar-refractivity contribution is -0.121. The number of hydrogen-bond donors (Lipinski definition) is 2. The molecule has 1 heterocycles. The van der Waals surface area contributed by atoms with Gasteiger partial charge in [-0.1, -0.05) is 6.42 Å². The summed E-state index contributed by atoms with van der Waals surface area (Å²) in [6.07, 6.45) is 5.62. The molecule has 3 nitrogen and oxygen atoms in total. The van der Waals surface area contributed by atoms with Gasteiger partial charge in [-0.3, -0.25) is 10.2 Å². The number of hydrazine groups is 1. The summed E-state index contributed by atoms with van der Waals surface area (Å²) in [4.78, 5) is 10.9. The standard InChI is InChI=1S/C8H14N2O/c11-8-5-4-6-2-1-3-7(6)9-10-8/h6-7,9H,1-5H2,(H,10,11). The summed E-state index contributed by atoms with van der Waals surface area (Å²) in [6, 6.07) is 0.557. The molecule has 2 atom stereocenters. The van der Waals surface area contributed by atoms with Gasteiger partial charge < -0.3 is 0 Å². The van der Waals surface area contributed by atoms with E-state index in [9.17, 15) is 4.79 Å². The van der Waals surface area contributed by atoms with Crippen molar-refractivity contribution >= 4 is 5.91 Å². The minimum absolute atomic E-state index is 0.152. The van der Waals surface area contributed by atoms with E-state index >= 15 is 0 Å². The van der Waals surface area contributed by atoms with Crippen molar-refractivity contribution in [3.63, 3.8) is 0 Å². The van der Waals surface area contributed by atoms with Crippen LogP contribution in [-0.4, -0.2) is 11.9 Å². The molecule has 0 spiro atoms. The number of carbonyl (C=O) groups excluding carboxylic acids is 1. The Labute approximate surface area is 66.5 Å². The molecule has 2 N–H and O–H groups in total. The van der Waals surface area contributed by atoms with Gasteiger partial charge in [-0.15, -0.1) is 0 Å². The lowest BCUT2D eigenvalue weighted by Crippen LogP contribution is -2.42. The highest BCUT2D eigenvalue weighted by Gasteiger charge is 2.29. The lowest BCUT2D eigenvalue weighted by Gasteiger charge is -2.15. The maximum absolute atomic E-state index is 10.9. The van der Waals surface area contributed by atoms with Gasteiger partial charge in [0.15, 0.2) is 0 Å². The maximum Gasteiger partial charge on any atom is 0.234 e. The SMILES string of the molecule is O=C1CCC2CCCC2NN1. The molecule has 11 heavy (non-hydrogen) atoms. The van der Waals surface area contributed by atoms with E-state index in [1.807, 2.05) is 0 Å². The van der Waals surface area contributed by atoms with Gasteiger partial charge >= 0.3 is 0 Å². The van der Waals surface area contributed by atoms with Crippen LogP contribution in [0.5, 0.6) is 0 Å². The second-order valence-corrected chi connectivity index (χ2v) is 3.53. The zero-order valence-corrected chi connectivity index (χ0v) is 6.60. The van der Waals surface area contributed by atoms with E-state index in [4.69, 9.17) is 0 Å². The minimum atomic E-state index is 0.152. The van der Waals surface area contributed by atoms with Crippen LogP contribution in [0.1, 0.15) is 32.1 Å². The topological polar surface area (TPSA) is 41.1 Å². The van der Waals surface area contributed by atoms with E-state index in [1.54, 1.807) is 0 Å². The number of fused-ring (bicyclic) bond motifs is 1. The second kappa shape index (κ2) is 2.81.